The SMILES string of the molecule is C/C(=N\O)c1cccc(NC(=O)Cc2ccccc2)c1. The standard InChI is InChI=1S/C16H16N2O2/c1-12(18-20)14-8-5-9-15(11-14)17-16(19)10-13-6-3-2-4-7-13/h2-9,11,20H,10H2,1H3,(H,17,19)/b18-12+. The number of carbonyl (C=O) groups excluding carboxylic acids is 1. The maximum atomic E-state index is 11.9. The summed E-state index contributed by atoms with van der Waals surface area (Å²) in [6, 6.07) is 16.8. The molecule has 2 N–H and O–H groups in total. The van der Waals surface area contributed by atoms with E-state index in [1.807, 2.05) is 42.5 Å². The summed E-state index contributed by atoms with van der Waals surface area (Å²) in [6.07, 6.45) is 0.331. The molecule has 1 amide bonds. The molecule has 0 aliphatic heterocycles. The summed E-state index contributed by atoms with van der Waals surface area (Å²) in [7, 11) is 0. The molecule has 0 radical (unpaired) electrons. The van der Waals surface area contributed by atoms with Crippen molar-refractivity contribution >= 4 is 17.3 Å². The Kier molecular flexibility index (Phi) is 4.50. The second-order valence-electron chi connectivity index (χ2n) is 4.48. The molecule has 0 atom stereocenters. The third kappa shape index (κ3) is 3.68. The van der Waals surface area contributed by atoms with Crippen molar-refractivity contribution in [2.45, 2.75) is 13.3 Å². The lowest BCUT2D eigenvalue weighted by Crippen LogP contribution is -2.14. The highest BCUT2D eigenvalue weighted by molar-refractivity contribution is 6.00. The van der Waals surface area contributed by atoms with E-state index in [-0.39, 0.29) is 5.91 Å². The zero-order valence-corrected chi connectivity index (χ0v) is 11.2. The molecule has 20 heavy (non-hydrogen) atoms. The van der Waals surface area contributed by atoms with Gasteiger partial charge in [0.25, 0.3) is 0 Å². The molecule has 0 bridgehead atoms. The van der Waals surface area contributed by atoms with Crippen LogP contribution in [0.25, 0.3) is 0 Å². The van der Waals surface area contributed by atoms with E-state index in [9.17, 15) is 4.79 Å². The Balaban J connectivity index is 2.05. The summed E-state index contributed by atoms with van der Waals surface area (Å²) < 4.78 is 0. The molecule has 2 aromatic carbocycles. The van der Waals surface area contributed by atoms with E-state index < -0.39 is 0 Å². The highest BCUT2D eigenvalue weighted by atomic mass is 16.4. The van der Waals surface area contributed by atoms with Gasteiger partial charge < -0.3 is 10.5 Å². The number of hydrogen-bond acceptors (Lipinski definition) is 3. The van der Waals surface area contributed by atoms with Gasteiger partial charge in [0.15, 0.2) is 0 Å². The lowest BCUT2D eigenvalue weighted by atomic mass is 10.1. The third-order valence-electron chi connectivity index (χ3n) is 2.92. The van der Waals surface area contributed by atoms with Crippen molar-refractivity contribution in [3.8, 4) is 0 Å². The number of oxime groups is 1. The Morgan fingerprint density at radius 1 is 1.15 bits per heavy atom. The van der Waals surface area contributed by atoms with Crippen LogP contribution in [0, 0.1) is 0 Å². The van der Waals surface area contributed by atoms with E-state index >= 15 is 0 Å². The first kappa shape index (κ1) is 13.8. The number of hydrogen-bond donors (Lipinski definition) is 2. The predicted molar refractivity (Wildman–Crippen MR) is 79.2 cm³/mol. The lowest BCUT2D eigenvalue weighted by molar-refractivity contribution is -0.115. The van der Waals surface area contributed by atoms with Crippen molar-refractivity contribution < 1.29 is 10.0 Å². The average molecular weight is 268 g/mol. The molecule has 0 aromatic heterocycles. The Hall–Kier alpha value is -2.62. The van der Waals surface area contributed by atoms with Gasteiger partial charge in [-0.2, -0.15) is 0 Å². The van der Waals surface area contributed by atoms with Crippen molar-refractivity contribution in [2.75, 3.05) is 5.32 Å². The molecular weight excluding hydrogens is 252 g/mol. The van der Waals surface area contributed by atoms with E-state index in [4.69, 9.17) is 5.21 Å². The molecule has 0 heterocycles. The highest BCUT2D eigenvalue weighted by Crippen LogP contribution is 2.12. The van der Waals surface area contributed by atoms with Crippen LogP contribution in [0.1, 0.15) is 18.1 Å². The average Bonchev–Trinajstić information content (AvgIpc) is 2.47. The van der Waals surface area contributed by atoms with Gasteiger partial charge in [-0.05, 0) is 24.6 Å². The molecule has 0 saturated heterocycles. The van der Waals surface area contributed by atoms with Gasteiger partial charge in [-0.15, -0.1) is 0 Å². The van der Waals surface area contributed by atoms with Gasteiger partial charge in [0.1, 0.15) is 0 Å². The number of nitrogens with zero attached hydrogens (tertiary/aromatic N) is 1. The summed E-state index contributed by atoms with van der Waals surface area (Å²) in [6.45, 7) is 1.70. The van der Waals surface area contributed by atoms with E-state index in [2.05, 4.69) is 10.5 Å². The zero-order valence-electron chi connectivity index (χ0n) is 11.2. The summed E-state index contributed by atoms with van der Waals surface area (Å²) >= 11 is 0. The number of amides is 1. The first-order valence-corrected chi connectivity index (χ1v) is 6.32. The molecule has 0 aliphatic rings. The Morgan fingerprint density at radius 2 is 1.90 bits per heavy atom. The van der Waals surface area contributed by atoms with Crippen LogP contribution in [0.4, 0.5) is 5.69 Å². The molecule has 0 spiro atoms. The fraction of sp³-hybridized carbons (Fsp3) is 0.125. The third-order valence-corrected chi connectivity index (χ3v) is 2.92. The monoisotopic (exact) mass is 268 g/mol. The quantitative estimate of drug-likeness (QED) is 0.508. The smallest absolute Gasteiger partial charge is 0.228 e. The summed E-state index contributed by atoms with van der Waals surface area (Å²) in [5.74, 6) is -0.0769. The van der Waals surface area contributed by atoms with Crippen molar-refractivity contribution in [1.82, 2.24) is 0 Å². The van der Waals surface area contributed by atoms with Gasteiger partial charge in [-0.25, -0.2) is 0 Å². The summed E-state index contributed by atoms with van der Waals surface area (Å²) in [5, 5.41) is 14.7. The molecule has 0 fully saturated rings. The first-order valence-electron chi connectivity index (χ1n) is 6.32. The van der Waals surface area contributed by atoms with Crippen molar-refractivity contribution in [3.05, 3.63) is 65.7 Å². The molecule has 102 valence electrons. The van der Waals surface area contributed by atoms with Gasteiger partial charge in [0, 0.05) is 11.3 Å². The van der Waals surface area contributed by atoms with Gasteiger partial charge in [0.05, 0.1) is 12.1 Å². The number of rotatable bonds is 4. The maximum Gasteiger partial charge on any atom is 0.228 e. The van der Waals surface area contributed by atoms with Crippen molar-refractivity contribution in [2.24, 2.45) is 5.16 Å². The van der Waals surface area contributed by atoms with Crippen LogP contribution in [0.15, 0.2) is 59.8 Å². The van der Waals surface area contributed by atoms with Crippen LogP contribution in [0.2, 0.25) is 0 Å². The van der Waals surface area contributed by atoms with Crippen LogP contribution in [-0.2, 0) is 11.2 Å². The fourth-order valence-corrected chi connectivity index (χ4v) is 1.87. The summed E-state index contributed by atoms with van der Waals surface area (Å²) in [5.41, 5.74) is 2.93. The Morgan fingerprint density at radius 3 is 2.60 bits per heavy atom. The van der Waals surface area contributed by atoms with Gasteiger partial charge >= 0.3 is 0 Å². The molecule has 0 unspecified atom stereocenters. The van der Waals surface area contributed by atoms with Crippen LogP contribution < -0.4 is 5.32 Å². The molecule has 4 nitrogen and oxygen atoms in total. The maximum absolute atomic E-state index is 11.9. The van der Waals surface area contributed by atoms with E-state index in [1.54, 1.807) is 19.1 Å². The molecule has 0 aliphatic carbocycles. The minimum Gasteiger partial charge on any atom is -0.411 e. The van der Waals surface area contributed by atoms with Crippen molar-refractivity contribution in [1.29, 1.82) is 0 Å². The Bertz CT molecular complexity index is 621. The van der Waals surface area contributed by atoms with Crippen molar-refractivity contribution in [3.63, 3.8) is 0 Å². The predicted octanol–water partition coefficient (Wildman–Crippen LogP) is 3.07. The van der Waals surface area contributed by atoms with Gasteiger partial charge in [-0.3, -0.25) is 4.79 Å². The van der Waals surface area contributed by atoms with E-state index in [0.717, 1.165) is 11.1 Å². The normalized spacial score (nSPS) is 11.2. The van der Waals surface area contributed by atoms with Crippen LogP contribution in [-0.4, -0.2) is 16.8 Å². The second-order valence-corrected chi connectivity index (χ2v) is 4.48. The highest BCUT2D eigenvalue weighted by Gasteiger charge is 2.05. The number of benzene rings is 2. The summed E-state index contributed by atoms with van der Waals surface area (Å²) in [4.78, 5) is 11.9. The van der Waals surface area contributed by atoms with Crippen LogP contribution in [0.3, 0.4) is 0 Å². The second kappa shape index (κ2) is 6.52. The fourth-order valence-electron chi connectivity index (χ4n) is 1.87. The van der Waals surface area contributed by atoms with Gasteiger partial charge in [0.2, 0.25) is 5.91 Å². The largest absolute Gasteiger partial charge is 0.411 e. The molecular formula is C16H16N2O2. The first-order chi connectivity index (χ1) is 9.69. The lowest BCUT2D eigenvalue weighted by Gasteiger charge is -2.07. The molecule has 2 aromatic rings. The van der Waals surface area contributed by atoms with E-state index in [1.165, 1.54) is 0 Å². The minimum atomic E-state index is -0.0769. The van der Waals surface area contributed by atoms with Crippen LogP contribution >= 0.6 is 0 Å². The number of nitrogens with one attached hydrogen (secondary N) is 1. The Labute approximate surface area is 117 Å². The van der Waals surface area contributed by atoms with Crippen LogP contribution in [0.5, 0.6) is 0 Å². The molecule has 0 saturated carbocycles. The number of carbonyl (C=O) groups is 1. The molecule has 2 rings (SSSR count). The minimum absolute atomic E-state index is 0.0769. The topological polar surface area (TPSA) is 61.7 Å². The van der Waals surface area contributed by atoms with Gasteiger partial charge in [-0.1, -0.05) is 47.6 Å². The van der Waals surface area contributed by atoms with E-state index in [0.29, 0.717) is 17.8 Å². The number of anilines is 1. The molecule has 4 heteroatoms. The zero-order chi connectivity index (χ0) is 14.4.